The molecule has 1 aliphatic rings. The molecule has 0 radical (unpaired) electrons. The molecule has 0 bridgehead atoms. The zero-order valence-electron chi connectivity index (χ0n) is 32.0. The Hall–Kier alpha value is -5.17. The predicted molar refractivity (Wildman–Crippen MR) is 214 cm³/mol. The number of hydrogen-bond acceptors (Lipinski definition) is 10. The summed E-state index contributed by atoms with van der Waals surface area (Å²) < 4.78 is 72.1. The molecule has 0 saturated carbocycles. The lowest BCUT2D eigenvalue weighted by atomic mass is 9.80. The summed E-state index contributed by atoms with van der Waals surface area (Å²) in [5.74, 6) is 1.14. The number of benzene rings is 5. The minimum atomic E-state index is -4.61. The van der Waals surface area contributed by atoms with E-state index < -0.39 is 35.4 Å². The number of likely N-dealkylation sites (tertiary alicyclic amines) is 1. The van der Waals surface area contributed by atoms with Gasteiger partial charge >= 0.3 is 13.9 Å². The molecule has 1 aliphatic heterocycles. The van der Waals surface area contributed by atoms with Gasteiger partial charge in [0.25, 0.3) is 0 Å². The minimum absolute atomic E-state index is 0.0988. The average molecular weight is 816 g/mol. The molecule has 2 atom stereocenters. The maximum atomic E-state index is 13.0. The first-order valence-electron chi connectivity index (χ1n) is 18.4. The summed E-state index contributed by atoms with van der Waals surface area (Å²) in [6.07, 6.45) is 0.401. The maximum absolute atomic E-state index is 13.0. The van der Waals surface area contributed by atoms with Crippen LogP contribution in [0.5, 0.6) is 17.2 Å². The van der Waals surface area contributed by atoms with Crippen LogP contribution in [0.25, 0.3) is 0 Å². The van der Waals surface area contributed by atoms with Crippen molar-refractivity contribution in [2.45, 2.75) is 42.9 Å². The van der Waals surface area contributed by atoms with E-state index in [-0.39, 0.29) is 36.2 Å². The fourth-order valence-electron chi connectivity index (χ4n) is 6.69. The molecular weight excluding hydrogens is 770 g/mol. The first kappa shape index (κ1) is 41.5. The van der Waals surface area contributed by atoms with Gasteiger partial charge in [0.2, 0.25) is 0 Å². The third kappa shape index (κ3) is 10.2. The normalized spacial score (nSPS) is 15.4. The summed E-state index contributed by atoms with van der Waals surface area (Å²) in [6.45, 7) is 1.73. The molecule has 1 heterocycles. The van der Waals surface area contributed by atoms with Gasteiger partial charge in [-0.15, -0.1) is 0 Å². The lowest BCUT2D eigenvalue weighted by molar-refractivity contribution is 0.000184. The van der Waals surface area contributed by atoms with Crippen molar-refractivity contribution in [3.05, 3.63) is 155 Å². The van der Waals surface area contributed by atoms with Gasteiger partial charge in [0.1, 0.15) is 29.5 Å². The van der Waals surface area contributed by atoms with Crippen molar-refractivity contribution in [1.82, 2.24) is 4.90 Å². The summed E-state index contributed by atoms with van der Waals surface area (Å²) in [6, 6.07) is 37.8. The zero-order chi connectivity index (χ0) is 40.5. The van der Waals surface area contributed by atoms with E-state index in [9.17, 15) is 22.7 Å². The predicted octanol–water partition coefficient (Wildman–Crippen LogP) is 8.09. The van der Waals surface area contributed by atoms with Gasteiger partial charge in [-0.3, -0.25) is 9.42 Å². The van der Waals surface area contributed by atoms with Crippen LogP contribution >= 0.6 is 7.82 Å². The van der Waals surface area contributed by atoms with Crippen molar-refractivity contribution in [1.29, 1.82) is 0 Å². The molecule has 0 aromatic heterocycles. The van der Waals surface area contributed by atoms with Crippen LogP contribution in [0.4, 0.5) is 4.79 Å². The molecule has 1 fully saturated rings. The number of aryl methyl sites for hydroxylation is 1. The summed E-state index contributed by atoms with van der Waals surface area (Å²) in [5, 5.41) is 0. The molecule has 0 spiro atoms. The van der Waals surface area contributed by atoms with Crippen LogP contribution in [0.15, 0.2) is 132 Å². The Bertz CT molecular complexity index is 2190. The number of phosphoric acid groups is 1. The van der Waals surface area contributed by atoms with E-state index in [1.54, 1.807) is 50.6 Å². The molecule has 12 nitrogen and oxygen atoms in total. The maximum Gasteiger partial charge on any atom is 0.527 e. The van der Waals surface area contributed by atoms with Crippen molar-refractivity contribution in [3.8, 4) is 17.2 Å². The number of methoxy groups -OCH3 is 2. The van der Waals surface area contributed by atoms with E-state index in [0.717, 1.165) is 27.8 Å². The van der Waals surface area contributed by atoms with Gasteiger partial charge in [-0.25, -0.2) is 17.8 Å². The van der Waals surface area contributed by atoms with Crippen LogP contribution in [-0.4, -0.2) is 70.1 Å². The number of carbonyl (C=O) groups is 1. The smallest absolute Gasteiger partial charge is 0.497 e. The van der Waals surface area contributed by atoms with E-state index in [0.29, 0.717) is 30.9 Å². The van der Waals surface area contributed by atoms with Crippen molar-refractivity contribution in [3.63, 3.8) is 0 Å². The quantitative estimate of drug-likeness (QED) is 0.0718. The first-order valence-corrected chi connectivity index (χ1v) is 21.5. The summed E-state index contributed by atoms with van der Waals surface area (Å²) in [4.78, 5) is 25.0. The molecule has 1 amide bonds. The molecule has 5 aromatic carbocycles. The van der Waals surface area contributed by atoms with Gasteiger partial charge in [0.05, 0.1) is 44.1 Å². The average Bonchev–Trinajstić information content (AvgIpc) is 3.71. The Labute approximate surface area is 333 Å². The summed E-state index contributed by atoms with van der Waals surface area (Å²) in [7, 11) is -5.01. The van der Waals surface area contributed by atoms with Gasteiger partial charge in [-0.2, -0.15) is 0 Å². The second-order valence-electron chi connectivity index (χ2n) is 13.5. The number of phosphoric ester groups is 1. The standard InChI is InChI=1S/C43H46NO11PS/c1-32-11-25-41(26-12-32)57(48,49)29-28-52-42(45)44-27-7-10-37(44)31-54-56(46,47)55-40-19-13-33(14-20-40)30-53-43(34-8-5-4-6-9-34,35-15-21-38(50-2)22-16-35)36-17-23-39(51-3)24-18-36/h4-6,8-9,11-26,37H,7,10,27-31H2,1-3H3,(H,46,47). The fourth-order valence-corrected chi connectivity index (χ4v) is 8.58. The molecule has 2 unspecified atom stereocenters. The third-order valence-corrected chi connectivity index (χ3v) is 12.4. The molecule has 57 heavy (non-hydrogen) atoms. The SMILES string of the molecule is COc1ccc(C(OCc2ccc(OP(=O)(O)OCC3CCCN3C(=O)OCCS(=O)(=O)c3ccc(C)cc3)cc2)(c2ccccc2)c2ccc(OC)cc2)cc1. The van der Waals surface area contributed by atoms with Gasteiger partial charge < -0.3 is 28.4 Å². The molecule has 0 aliphatic carbocycles. The van der Waals surface area contributed by atoms with Crippen LogP contribution in [0.2, 0.25) is 0 Å². The molecule has 6 rings (SSSR count). The van der Waals surface area contributed by atoms with Crippen molar-refractivity contribution >= 4 is 23.8 Å². The van der Waals surface area contributed by atoms with E-state index >= 15 is 0 Å². The largest absolute Gasteiger partial charge is 0.527 e. The second kappa shape index (κ2) is 18.4. The van der Waals surface area contributed by atoms with Crippen LogP contribution < -0.4 is 14.0 Å². The number of nitrogens with zero attached hydrogens (tertiary/aromatic N) is 1. The van der Waals surface area contributed by atoms with Gasteiger partial charge in [0, 0.05) is 6.54 Å². The van der Waals surface area contributed by atoms with E-state index in [1.165, 1.54) is 17.0 Å². The zero-order valence-corrected chi connectivity index (χ0v) is 33.7. The number of sulfone groups is 1. The molecule has 1 N–H and O–H groups in total. The first-order chi connectivity index (χ1) is 27.4. The van der Waals surface area contributed by atoms with Gasteiger partial charge in [0.15, 0.2) is 9.84 Å². The molecule has 5 aromatic rings. The van der Waals surface area contributed by atoms with Crippen LogP contribution in [-0.2, 0) is 40.6 Å². The van der Waals surface area contributed by atoms with E-state index in [4.69, 9.17) is 28.0 Å². The lowest BCUT2D eigenvalue weighted by Gasteiger charge is -2.36. The molecule has 300 valence electrons. The third-order valence-electron chi connectivity index (χ3n) is 9.77. The van der Waals surface area contributed by atoms with Gasteiger partial charge in [-0.05, 0) is 90.6 Å². The topological polar surface area (TPSA) is 147 Å². The Balaban J connectivity index is 1.08. The molecular formula is C43H46NO11PS. The number of amides is 1. The highest BCUT2D eigenvalue weighted by molar-refractivity contribution is 7.91. The second-order valence-corrected chi connectivity index (χ2v) is 17.0. The Morgan fingerprint density at radius 3 is 1.93 bits per heavy atom. The van der Waals surface area contributed by atoms with Gasteiger partial charge in [-0.1, -0.05) is 84.4 Å². The fraction of sp³-hybridized carbons (Fsp3) is 0.279. The minimum Gasteiger partial charge on any atom is -0.497 e. The van der Waals surface area contributed by atoms with E-state index in [2.05, 4.69) is 0 Å². The molecule has 1 saturated heterocycles. The van der Waals surface area contributed by atoms with Crippen molar-refractivity contribution in [2.75, 3.05) is 39.7 Å². The summed E-state index contributed by atoms with van der Waals surface area (Å²) >= 11 is 0. The van der Waals surface area contributed by atoms with Crippen LogP contribution in [0, 0.1) is 6.92 Å². The highest BCUT2D eigenvalue weighted by Gasteiger charge is 2.38. The van der Waals surface area contributed by atoms with Crippen molar-refractivity contribution in [2.24, 2.45) is 0 Å². The monoisotopic (exact) mass is 815 g/mol. The van der Waals surface area contributed by atoms with Crippen LogP contribution in [0.1, 0.15) is 40.7 Å². The number of hydrogen-bond donors (Lipinski definition) is 1. The number of ether oxygens (including phenoxy) is 4. The number of carbonyl (C=O) groups excluding carboxylic acids is 1. The lowest BCUT2D eigenvalue weighted by Crippen LogP contribution is -2.39. The molecule has 14 heteroatoms. The van der Waals surface area contributed by atoms with Crippen molar-refractivity contribution < 1.29 is 50.7 Å². The highest BCUT2D eigenvalue weighted by atomic mass is 32.2. The van der Waals surface area contributed by atoms with Crippen LogP contribution in [0.3, 0.4) is 0 Å². The number of rotatable bonds is 17. The highest BCUT2D eigenvalue weighted by Crippen LogP contribution is 2.45. The van der Waals surface area contributed by atoms with E-state index in [1.807, 2.05) is 85.8 Å². The Kier molecular flexibility index (Phi) is 13.4. The summed E-state index contributed by atoms with van der Waals surface area (Å²) in [5.41, 5.74) is 3.31. The Morgan fingerprint density at radius 2 is 1.35 bits per heavy atom. The Morgan fingerprint density at radius 1 is 0.789 bits per heavy atom.